The first kappa shape index (κ1) is 28.5. The molecule has 3 unspecified atom stereocenters. The molecule has 188 valence electrons. The van der Waals surface area contributed by atoms with Crippen LogP contribution in [0.15, 0.2) is 30.3 Å². The minimum absolute atomic E-state index is 0.0936. The number of aliphatic carboxylic acids is 2. The van der Waals surface area contributed by atoms with Crippen molar-refractivity contribution in [2.45, 2.75) is 56.7 Å². The van der Waals surface area contributed by atoms with E-state index in [1.807, 2.05) is 0 Å². The third kappa shape index (κ3) is 11.4. The topological polar surface area (TPSA) is 214 Å². The van der Waals surface area contributed by atoms with Gasteiger partial charge in [-0.2, -0.15) is 0 Å². The number of carbonyl (C=O) groups excluding carboxylic acids is 3. The fourth-order valence-electron chi connectivity index (χ4n) is 3.07. The second-order valence-electron chi connectivity index (χ2n) is 7.75. The Morgan fingerprint density at radius 1 is 0.824 bits per heavy atom. The van der Waals surface area contributed by atoms with Gasteiger partial charge in [-0.05, 0) is 37.8 Å². The molecule has 0 radical (unpaired) electrons. The number of nitrogens with one attached hydrogen (secondary N) is 3. The lowest BCUT2D eigenvalue weighted by molar-refractivity contribution is -0.139. The van der Waals surface area contributed by atoms with Gasteiger partial charge in [0.15, 0.2) is 0 Å². The standard InChI is InChI=1S/C22H33N5O7/c23-11-5-4-8-16(21(33)25-13-19(30)31)26-22(34)17(12-14-6-2-1-3-7-14)27-20(32)15(24)9-10-18(28)29/h1-3,6-7,15-17H,4-5,8-13,23-24H2,(H,25,33)(H,26,34)(H,27,32)(H,28,29)(H,30,31). The van der Waals surface area contributed by atoms with E-state index in [4.69, 9.17) is 21.7 Å². The van der Waals surface area contributed by atoms with E-state index < -0.39 is 54.3 Å². The van der Waals surface area contributed by atoms with Crippen molar-refractivity contribution in [1.82, 2.24) is 16.0 Å². The molecule has 12 nitrogen and oxygen atoms in total. The maximum atomic E-state index is 13.1. The molecule has 34 heavy (non-hydrogen) atoms. The van der Waals surface area contributed by atoms with Crippen molar-refractivity contribution in [2.24, 2.45) is 11.5 Å². The summed E-state index contributed by atoms with van der Waals surface area (Å²) in [6, 6.07) is 5.56. The fraction of sp³-hybridized carbons (Fsp3) is 0.500. The second-order valence-corrected chi connectivity index (χ2v) is 7.75. The number of rotatable bonds is 16. The van der Waals surface area contributed by atoms with Crippen LogP contribution in [0.5, 0.6) is 0 Å². The van der Waals surface area contributed by atoms with E-state index in [1.165, 1.54) is 0 Å². The largest absolute Gasteiger partial charge is 0.481 e. The molecule has 0 aromatic heterocycles. The van der Waals surface area contributed by atoms with E-state index in [1.54, 1.807) is 30.3 Å². The summed E-state index contributed by atoms with van der Waals surface area (Å²) in [6.07, 6.45) is 1.00. The molecule has 0 saturated heterocycles. The zero-order chi connectivity index (χ0) is 25.5. The molecule has 1 aromatic carbocycles. The van der Waals surface area contributed by atoms with Gasteiger partial charge in [0, 0.05) is 12.8 Å². The molecule has 9 N–H and O–H groups in total. The van der Waals surface area contributed by atoms with Gasteiger partial charge in [-0.25, -0.2) is 0 Å². The summed E-state index contributed by atoms with van der Waals surface area (Å²) in [7, 11) is 0. The van der Waals surface area contributed by atoms with Crippen LogP contribution in [0.2, 0.25) is 0 Å². The summed E-state index contributed by atoms with van der Waals surface area (Å²) in [4.78, 5) is 59.6. The van der Waals surface area contributed by atoms with E-state index in [9.17, 15) is 24.0 Å². The Labute approximate surface area is 197 Å². The number of nitrogens with two attached hydrogens (primary N) is 2. The zero-order valence-electron chi connectivity index (χ0n) is 18.9. The summed E-state index contributed by atoms with van der Waals surface area (Å²) < 4.78 is 0. The maximum absolute atomic E-state index is 13.1. The summed E-state index contributed by atoms with van der Waals surface area (Å²) in [5, 5.41) is 25.0. The smallest absolute Gasteiger partial charge is 0.322 e. The van der Waals surface area contributed by atoms with Gasteiger partial charge < -0.3 is 37.6 Å². The Hall–Kier alpha value is -3.51. The SMILES string of the molecule is NCCCCC(NC(=O)C(Cc1ccccc1)NC(=O)C(N)CCC(=O)O)C(=O)NCC(=O)O. The molecule has 0 spiro atoms. The highest BCUT2D eigenvalue weighted by Crippen LogP contribution is 2.07. The lowest BCUT2D eigenvalue weighted by atomic mass is 10.0. The third-order valence-electron chi connectivity index (χ3n) is 4.92. The summed E-state index contributed by atoms with van der Waals surface area (Å²) in [6.45, 7) is -0.219. The zero-order valence-corrected chi connectivity index (χ0v) is 18.9. The van der Waals surface area contributed by atoms with E-state index >= 15 is 0 Å². The van der Waals surface area contributed by atoms with Crippen LogP contribution in [0.3, 0.4) is 0 Å². The number of benzene rings is 1. The van der Waals surface area contributed by atoms with Crippen molar-refractivity contribution >= 4 is 29.7 Å². The van der Waals surface area contributed by atoms with Crippen molar-refractivity contribution in [2.75, 3.05) is 13.1 Å². The van der Waals surface area contributed by atoms with Crippen LogP contribution in [0.1, 0.15) is 37.7 Å². The molecule has 12 heteroatoms. The molecule has 0 aliphatic heterocycles. The van der Waals surface area contributed by atoms with Crippen LogP contribution in [0.4, 0.5) is 0 Å². The summed E-state index contributed by atoms with van der Waals surface area (Å²) in [5.74, 6) is -4.37. The van der Waals surface area contributed by atoms with Gasteiger partial charge in [0.05, 0.1) is 6.04 Å². The highest BCUT2D eigenvalue weighted by Gasteiger charge is 2.28. The van der Waals surface area contributed by atoms with Crippen molar-refractivity contribution < 1.29 is 34.2 Å². The minimum atomic E-state index is -1.23. The van der Waals surface area contributed by atoms with Crippen molar-refractivity contribution in [3.05, 3.63) is 35.9 Å². The van der Waals surface area contributed by atoms with E-state index in [0.29, 0.717) is 19.4 Å². The van der Waals surface area contributed by atoms with Crippen molar-refractivity contribution in [3.63, 3.8) is 0 Å². The van der Waals surface area contributed by atoms with Gasteiger partial charge in [-0.3, -0.25) is 24.0 Å². The maximum Gasteiger partial charge on any atom is 0.322 e. The number of carbonyl (C=O) groups is 5. The number of unbranched alkanes of at least 4 members (excludes halogenated alkanes) is 1. The lowest BCUT2D eigenvalue weighted by Gasteiger charge is -2.24. The number of hydrogen-bond donors (Lipinski definition) is 7. The Kier molecular flexibility index (Phi) is 12.9. The van der Waals surface area contributed by atoms with Gasteiger partial charge in [0.25, 0.3) is 0 Å². The highest BCUT2D eigenvalue weighted by atomic mass is 16.4. The Morgan fingerprint density at radius 2 is 1.47 bits per heavy atom. The highest BCUT2D eigenvalue weighted by molar-refractivity contribution is 5.93. The number of hydrogen-bond acceptors (Lipinski definition) is 7. The van der Waals surface area contributed by atoms with Crippen LogP contribution in [0.25, 0.3) is 0 Å². The van der Waals surface area contributed by atoms with E-state index in [-0.39, 0.29) is 25.7 Å². The van der Waals surface area contributed by atoms with Gasteiger partial charge in [0.1, 0.15) is 18.6 Å². The van der Waals surface area contributed by atoms with Gasteiger partial charge >= 0.3 is 11.9 Å². The first-order valence-corrected chi connectivity index (χ1v) is 11.0. The predicted octanol–water partition coefficient (Wildman–Crippen LogP) is -1.28. The van der Waals surface area contributed by atoms with Crippen LogP contribution < -0.4 is 27.4 Å². The molecule has 0 aliphatic carbocycles. The number of carboxylic acid groups (broad SMARTS) is 2. The van der Waals surface area contributed by atoms with Crippen LogP contribution in [-0.4, -0.2) is 71.1 Å². The van der Waals surface area contributed by atoms with Crippen LogP contribution in [-0.2, 0) is 30.4 Å². The summed E-state index contributed by atoms with van der Waals surface area (Å²) >= 11 is 0. The monoisotopic (exact) mass is 479 g/mol. The van der Waals surface area contributed by atoms with Gasteiger partial charge in [-0.1, -0.05) is 30.3 Å². The normalized spacial score (nSPS) is 13.2. The number of amides is 3. The molecule has 0 saturated carbocycles. The average Bonchev–Trinajstić information content (AvgIpc) is 2.80. The second kappa shape index (κ2) is 15.3. The molecule has 0 fully saturated rings. The molecule has 0 aliphatic rings. The Balaban J connectivity index is 2.98. The molecule has 3 atom stereocenters. The molecular weight excluding hydrogens is 446 g/mol. The first-order valence-electron chi connectivity index (χ1n) is 11.0. The Bertz CT molecular complexity index is 834. The third-order valence-corrected chi connectivity index (χ3v) is 4.92. The fourth-order valence-corrected chi connectivity index (χ4v) is 3.07. The lowest BCUT2D eigenvalue weighted by Crippen LogP contribution is -2.56. The molecule has 3 amide bonds. The quantitative estimate of drug-likeness (QED) is 0.140. The van der Waals surface area contributed by atoms with E-state index in [2.05, 4.69) is 16.0 Å². The van der Waals surface area contributed by atoms with Crippen molar-refractivity contribution in [1.29, 1.82) is 0 Å². The predicted molar refractivity (Wildman–Crippen MR) is 122 cm³/mol. The average molecular weight is 480 g/mol. The Morgan fingerprint density at radius 3 is 2.06 bits per heavy atom. The van der Waals surface area contributed by atoms with E-state index in [0.717, 1.165) is 5.56 Å². The first-order chi connectivity index (χ1) is 16.1. The molecular formula is C22H33N5O7. The minimum Gasteiger partial charge on any atom is -0.481 e. The summed E-state index contributed by atoms with van der Waals surface area (Å²) in [5.41, 5.74) is 12.0. The molecule has 1 rings (SSSR count). The van der Waals surface area contributed by atoms with Gasteiger partial charge in [-0.15, -0.1) is 0 Å². The van der Waals surface area contributed by atoms with Crippen LogP contribution in [0, 0.1) is 0 Å². The molecule has 0 bridgehead atoms. The number of carboxylic acids is 2. The molecule has 0 heterocycles. The van der Waals surface area contributed by atoms with Crippen LogP contribution >= 0.6 is 0 Å². The van der Waals surface area contributed by atoms with Gasteiger partial charge in [0.2, 0.25) is 17.7 Å². The van der Waals surface area contributed by atoms with Crippen molar-refractivity contribution in [3.8, 4) is 0 Å². The molecule has 1 aromatic rings.